The minimum atomic E-state index is -0.305. The molecule has 5 nitrogen and oxygen atoms in total. The Bertz CT molecular complexity index is 1070. The maximum absolute atomic E-state index is 13.9. The van der Waals surface area contributed by atoms with Crippen molar-refractivity contribution in [1.29, 1.82) is 0 Å². The number of carbonyl (C=O) groups is 1. The molecule has 31 heavy (non-hydrogen) atoms. The molecule has 1 heterocycles. The smallest absolute Gasteiger partial charge is 0.233 e. The van der Waals surface area contributed by atoms with Gasteiger partial charge in [-0.2, -0.15) is 0 Å². The monoisotopic (exact) mass is 458 g/mol. The number of carbonyl (C=O) groups excluding carboxylic acids is 1. The molecule has 2 aromatic carbocycles. The molecule has 4 rings (SSSR count). The molecule has 1 fully saturated rings. The normalized spacial score (nSPS) is 14.2. The Balaban J connectivity index is 1.51. The second-order valence-corrected chi connectivity index (χ2v) is 9.07. The van der Waals surface area contributed by atoms with E-state index >= 15 is 0 Å². The summed E-state index contributed by atoms with van der Waals surface area (Å²) in [6.07, 6.45) is 4.45. The van der Waals surface area contributed by atoms with Crippen LogP contribution in [0.15, 0.2) is 53.7 Å². The summed E-state index contributed by atoms with van der Waals surface area (Å²) in [7, 11) is 1.69. The highest BCUT2D eigenvalue weighted by molar-refractivity contribution is 7.99. The zero-order valence-corrected chi connectivity index (χ0v) is 18.9. The molecule has 1 aliphatic carbocycles. The Morgan fingerprint density at radius 2 is 1.87 bits per heavy atom. The molecule has 3 aromatic rings. The Morgan fingerprint density at radius 1 is 1.16 bits per heavy atom. The summed E-state index contributed by atoms with van der Waals surface area (Å²) in [6.45, 7) is 0.228. The van der Waals surface area contributed by atoms with Crippen LogP contribution in [0.2, 0.25) is 5.02 Å². The number of rotatable bonds is 7. The van der Waals surface area contributed by atoms with E-state index in [2.05, 4.69) is 14.8 Å². The second kappa shape index (κ2) is 9.83. The van der Waals surface area contributed by atoms with Gasteiger partial charge in [0.25, 0.3) is 0 Å². The number of aromatic nitrogens is 3. The molecule has 162 valence electrons. The summed E-state index contributed by atoms with van der Waals surface area (Å²) in [6, 6.07) is 14.4. The minimum Gasteiger partial charge on any atom is -0.341 e. The van der Waals surface area contributed by atoms with Crippen LogP contribution in [0.1, 0.15) is 37.3 Å². The molecule has 0 spiro atoms. The number of thioether (sulfide) groups is 1. The molecule has 0 bridgehead atoms. The van der Waals surface area contributed by atoms with E-state index in [1.165, 1.54) is 35.6 Å². The fourth-order valence-electron chi connectivity index (χ4n) is 3.90. The lowest BCUT2D eigenvalue weighted by molar-refractivity contribution is -0.127. The average Bonchev–Trinajstić information content (AvgIpc) is 3.43. The number of hydrogen-bond acceptors (Lipinski definition) is 4. The first-order valence-corrected chi connectivity index (χ1v) is 11.7. The summed E-state index contributed by atoms with van der Waals surface area (Å²) in [5.41, 5.74) is 1.34. The Hall–Kier alpha value is -2.38. The van der Waals surface area contributed by atoms with Crippen LogP contribution in [0.3, 0.4) is 0 Å². The van der Waals surface area contributed by atoms with E-state index in [0.717, 1.165) is 29.4 Å². The van der Waals surface area contributed by atoms with Gasteiger partial charge in [-0.3, -0.25) is 9.36 Å². The maximum atomic E-state index is 13.9. The van der Waals surface area contributed by atoms with Crippen molar-refractivity contribution in [2.45, 2.75) is 43.4 Å². The number of amides is 1. The van der Waals surface area contributed by atoms with Crippen molar-refractivity contribution in [2.24, 2.45) is 0 Å². The predicted octanol–water partition coefficient (Wildman–Crippen LogP) is 5.60. The summed E-state index contributed by atoms with van der Waals surface area (Å²) < 4.78 is 16.1. The van der Waals surface area contributed by atoms with Crippen molar-refractivity contribution in [1.82, 2.24) is 19.7 Å². The van der Waals surface area contributed by atoms with Crippen molar-refractivity contribution >= 4 is 29.3 Å². The molecule has 1 aliphatic rings. The van der Waals surface area contributed by atoms with Gasteiger partial charge in [-0.25, -0.2) is 4.39 Å². The average molecular weight is 459 g/mol. The lowest BCUT2D eigenvalue weighted by atomic mass is 10.2. The first-order chi connectivity index (χ1) is 15.0. The quantitative estimate of drug-likeness (QED) is 0.432. The van der Waals surface area contributed by atoms with Gasteiger partial charge >= 0.3 is 0 Å². The molecule has 8 heteroatoms. The van der Waals surface area contributed by atoms with E-state index in [1.54, 1.807) is 25.2 Å². The highest BCUT2D eigenvalue weighted by atomic mass is 35.5. The molecule has 0 atom stereocenters. The van der Waals surface area contributed by atoms with Gasteiger partial charge in [-0.15, -0.1) is 10.2 Å². The first kappa shape index (κ1) is 21.8. The summed E-state index contributed by atoms with van der Waals surface area (Å²) in [4.78, 5) is 14.2. The zero-order chi connectivity index (χ0) is 21.8. The third-order valence-corrected chi connectivity index (χ3v) is 6.84. The van der Waals surface area contributed by atoms with E-state index < -0.39 is 0 Å². The summed E-state index contributed by atoms with van der Waals surface area (Å²) >= 11 is 7.79. The Labute approximate surface area is 190 Å². The topological polar surface area (TPSA) is 51.0 Å². The summed E-state index contributed by atoms with van der Waals surface area (Å²) in [5.74, 6) is 0.555. The van der Waals surface area contributed by atoms with Gasteiger partial charge in [-0.1, -0.05) is 66.5 Å². The minimum absolute atomic E-state index is 0.0893. The van der Waals surface area contributed by atoms with Gasteiger partial charge < -0.3 is 4.90 Å². The van der Waals surface area contributed by atoms with Gasteiger partial charge in [-0.05, 0) is 31.0 Å². The number of nitrogens with zero attached hydrogens (tertiary/aromatic N) is 4. The van der Waals surface area contributed by atoms with Gasteiger partial charge in [0.05, 0.1) is 10.8 Å². The van der Waals surface area contributed by atoms with E-state index in [0.29, 0.717) is 16.6 Å². The van der Waals surface area contributed by atoms with Crippen LogP contribution in [-0.2, 0) is 11.3 Å². The zero-order valence-electron chi connectivity index (χ0n) is 17.3. The lowest BCUT2D eigenvalue weighted by Crippen LogP contribution is -2.28. The molecule has 0 N–H and O–H groups in total. The summed E-state index contributed by atoms with van der Waals surface area (Å²) in [5, 5.41) is 10.2. The van der Waals surface area contributed by atoms with E-state index in [1.807, 2.05) is 24.3 Å². The number of halogens is 2. The molecule has 0 aliphatic heterocycles. The molecule has 1 saturated carbocycles. The van der Waals surface area contributed by atoms with Crippen LogP contribution in [-0.4, -0.2) is 38.4 Å². The molecule has 1 amide bonds. The van der Waals surface area contributed by atoms with Crippen molar-refractivity contribution in [2.75, 3.05) is 12.8 Å². The van der Waals surface area contributed by atoms with Gasteiger partial charge in [0.15, 0.2) is 11.0 Å². The van der Waals surface area contributed by atoms with Crippen LogP contribution in [0.4, 0.5) is 4.39 Å². The fraction of sp³-hybridized carbons (Fsp3) is 0.348. The van der Waals surface area contributed by atoms with Crippen molar-refractivity contribution in [3.05, 3.63) is 64.9 Å². The van der Waals surface area contributed by atoms with Crippen molar-refractivity contribution in [3.63, 3.8) is 0 Å². The van der Waals surface area contributed by atoms with Crippen LogP contribution in [0, 0.1) is 5.82 Å². The van der Waals surface area contributed by atoms with Gasteiger partial charge in [0.1, 0.15) is 5.82 Å². The third kappa shape index (κ3) is 4.93. The molecule has 0 unspecified atom stereocenters. The molecular formula is C23H24ClFN4OS. The lowest BCUT2D eigenvalue weighted by Gasteiger charge is -2.19. The molecule has 0 saturated heterocycles. The van der Waals surface area contributed by atoms with E-state index in [9.17, 15) is 9.18 Å². The van der Waals surface area contributed by atoms with Gasteiger partial charge in [0.2, 0.25) is 5.91 Å². The molecule has 0 radical (unpaired) electrons. The highest BCUT2D eigenvalue weighted by Crippen LogP contribution is 2.38. The second-order valence-electron chi connectivity index (χ2n) is 7.72. The highest BCUT2D eigenvalue weighted by Gasteiger charge is 2.26. The third-order valence-electron chi connectivity index (χ3n) is 5.58. The first-order valence-electron chi connectivity index (χ1n) is 10.3. The Kier molecular flexibility index (Phi) is 6.92. The van der Waals surface area contributed by atoms with Gasteiger partial charge in [0, 0.05) is 30.8 Å². The molecule has 1 aromatic heterocycles. The van der Waals surface area contributed by atoms with Crippen LogP contribution >= 0.6 is 23.4 Å². The van der Waals surface area contributed by atoms with E-state index in [4.69, 9.17) is 11.6 Å². The Morgan fingerprint density at radius 3 is 2.61 bits per heavy atom. The van der Waals surface area contributed by atoms with Crippen LogP contribution < -0.4 is 0 Å². The predicted molar refractivity (Wildman–Crippen MR) is 122 cm³/mol. The SMILES string of the molecule is CN(Cc1ccccc1F)C(=O)CSc1nnc(-c2ccccc2Cl)n1C1CCCC1. The van der Waals surface area contributed by atoms with Crippen molar-refractivity contribution in [3.8, 4) is 11.4 Å². The van der Waals surface area contributed by atoms with Crippen molar-refractivity contribution < 1.29 is 9.18 Å². The number of benzene rings is 2. The maximum Gasteiger partial charge on any atom is 0.233 e. The fourth-order valence-corrected chi connectivity index (χ4v) is 5.07. The standard InChI is InChI=1S/C23H24ClFN4OS/c1-28(14-16-8-2-7-13-20(16)25)21(30)15-31-23-27-26-22(18-11-5-6-12-19(18)24)29(23)17-9-3-4-10-17/h2,5-8,11-13,17H,3-4,9-10,14-15H2,1H3. The number of hydrogen-bond donors (Lipinski definition) is 0. The van der Waals surface area contributed by atoms with Crippen LogP contribution in [0.5, 0.6) is 0 Å². The largest absolute Gasteiger partial charge is 0.341 e. The molecular weight excluding hydrogens is 435 g/mol. The van der Waals surface area contributed by atoms with Crippen LogP contribution in [0.25, 0.3) is 11.4 Å². The van der Waals surface area contributed by atoms with E-state index in [-0.39, 0.29) is 24.0 Å².